The van der Waals surface area contributed by atoms with Crippen molar-refractivity contribution in [3.05, 3.63) is 24.3 Å². The smallest absolute Gasteiger partial charge is 0.325 e. The Kier molecular flexibility index (Phi) is 5.25. The number of hydrogen-bond donors (Lipinski definition) is 3. The summed E-state index contributed by atoms with van der Waals surface area (Å²) < 4.78 is 0. The van der Waals surface area contributed by atoms with Gasteiger partial charge in [-0.25, -0.2) is 4.79 Å². The Bertz CT molecular complexity index is 522. The van der Waals surface area contributed by atoms with Crippen LogP contribution in [0.25, 0.3) is 0 Å². The third-order valence-corrected chi connectivity index (χ3v) is 3.99. The summed E-state index contributed by atoms with van der Waals surface area (Å²) in [6.07, 6.45) is 2.41. The van der Waals surface area contributed by atoms with Crippen molar-refractivity contribution in [1.29, 1.82) is 0 Å². The molecule has 2 amide bonds. The highest BCUT2D eigenvalue weighted by Crippen LogP contribution is 2.24. The summed E-state index contributed by atoms with van der Waals surface area (Å²) in [5, 5.41) is 13.7. The fourth-order valence-corrected chi connectivity index (χ4v) is 2.45. The minimum Gasteiger partial charge on any atom is -0.480 e. The van der Waals surface area contributed by atoms with Gasteiger partial charge in [-0.1, -0.05) is 6.92 Å². The Labute approximate surface area is 130 Å². The summed E-state index contributed by atoms with van der Waals surface area (Å²) in [7, 11) is 0. The molecule has 2 rings (SSSR count). The molecular formula is C16H23N3O3. The second kappa shape index (κ2) is 7.15. The fourth-order valence-electron chi connectivity index (χ4n) is 2.45. The molecule has 1 aromatic carbocycles. The molecule has 22 heavy (non-hydrogen) atoms. The van der Waals surface area contributed by atoms with Gasteiger partial charge < -0.3 is 20.6 Å². The van der Waals surface area contributed by atoms with Crippen LogP contribution in [0.15, 0.2) is 24.3 Å². The van der Waals surface area contributed by atoms with E-state index in [2.05, 4.69) is 22.5 Å². The lowest BCUT2D eigenvalue weighted by atomic mass is 9.99. The molecular weight excluding hydrogens is 282 g/mol. The maximum atomic E-state index is 11.7. The topological polar surface area (TPSA) is 81.7 Å². The summed E-state index contributed by atoms with van der Waals surface area (Å²) in [6, 6.07) is 6.18. The lowest BCUT2D eigenvalue weighted by molar-refractivity contribution is -0.138. The summed E-state index contributed by atoms with van der Waals surface area (Å²) in [5.41, 5.74) is 1.79. The van der Waals surface area contributed by atoms with Gasteiger partial charge in [0, 0.05) is 24.5 Å². The Morgan fingerprint density at radius 2 is 1.82 bits per heavy atom. The predicted octanol–water partition coefficient (Wildman–Crippen LogP) is 2.52. The number of aliphatic carboxylic acids is 1. The number of rotatable bonds is 4. The second-order valence-electron chi connectivity index (χ2n) is 5.87. The molecule has 0 spiro atoms. The van der Waals surface area contributed by atoms with Gasteiger partial charge in [0.15, 0.2) is 0 Å². The molecule has 1 unspecified atom stereocenters. The standard InChI is InChI=1S/C16H23N3O3/c1-11-7-9-19(10-8-11)14-5-3-13(4-6-14)18-16(22)17-12(2)15(20)21/h3-6,11-12H,7-10H2,1-2H3,(H,20,21)(H2,17,18,22). The number of piperidine rings is 1. The molecule has 1 aromatic rings. The van der Waals surface area contributed by atoms with E-state index in [0.29, 0.717) is 5.69 Å². The first-order chi connectivity index (χ1) is 10.5. The monoisotopic (exact) mass is 305 g/mol. The average Bonchev–Trinajstić information content (AvgIpc) is 2.48. The maximum absolute atomic E-state index is 11.7. The minimum atomic E-state index is -1.06. The number of carboxylic acid groups (broad SMARTS) is 1. The zero-order valence-electron chi connectivity index (χ0n) is 13.0. The number of benzene rings is 1. The van der Waals surface area contributed by atoms with E-state index in [-0.39, 0.29) is 0 Å². The molecule has 6 heteroatoms. The van der Waals surface area contributed by atoms with Crippen molar-refractivity contribution >= 4 is 23.4 Å². The summed E-state index contributed by atoms with van der Waals surface area (Å²) in [6.45, 7) is 5.82. The zero-order chi connectivity index (χ0) is 16.1. The van der Waals surface area contributed by atoms with Crippen LogP contribution >= 0.6 is 0 Å². The van der Waals surface area contributed by atoms with E-state index in [4.69, 9.17) is 5.11 Å². The van der Waals surface area contributed by atoms with Crippen LogP contribution in [-0.2, 0) is 4.79 Å². The molecule has 0 aromatic heterocycles. The van der Waals surface area contributed by atoms with E-state index >= 15 is 0 Å². The van der Waals surface area contributed by atoms with Gasteiger partial charge in [0.1, 0.15) is 6.04 Å². The van der Waals surface area contributed by atoms with Gasteiger partial charge in [0.25, 0.3) is 0 Å². The van der Waals surface area contributed by atoms with E-state index in [9.17, 15) is 9.59 Å². The van der Waals surface area contributed by atoms with Gasteiger partial charge in [-0.2, -0.15) is 0 Å². The number of anilines is 2. The van der Waals surface area contributed by atoms with Crippen LogP contribution in [0.2, 0.25) is 0 Å². The van der Waals surface area contributed by atoms with E-state index in [1.165, 1.54) is 19.8 Å². The highest BCUT2D eigenvalue weighted by molar-refractivity contribution is 5.92. The van der Waals surface area contributed by atoms with E-state index in [1.54, 1.807) is 0 Å². The van der Waals surface area contributed by atoms with Crippen molar-refractivity contribution in [1.82, 2.24) is 5.32 Å². The molecule has 0 saturated carbocycles. The van der Waals surface area contributed by atoms with Crippen LogP contribution in [0.5, 0.6) is 0 Å². The third-order valence-electron chi connectivity index (χ3n) is 3.99. The molecule has 1 aliphatic heterocycles. The number of nitrogens with one attached hydrogen (secondary N) is 2. The highest BCUT2D eigenvalue weighted by atomic mass is 16.4. The Morgan fingerprint density at radius 3 is 2.36 bits per heavy atom. The van der Waals surface area contributed by atoms with Crippen LogP contribution < -0.4 is 15.5 Å². The molecule has 1 heterocycles. The van der Waals surface area contributed by atoms with Gasteiger partial charge in [0.2, 0.25) is 0 Å². The Hall–Kier alpha value is -2.24. The van der Waals surface area contributed by atoms with E-state index in [1.807, 2.05) is 24.3 Å². The van der Waals surface area contributed by atoms with Crippen molar-refractivity contribution in [3.8, 4) is 0 Å². The number of carbonyl (C=O) groups excluding carboxylic acids is 1. The SMILES string of the molecule is CC1CCN(c2ccc(NC(=O)NC(C)C(=O)O)cc2)CC1. The normalized spacial score (nSPS) is 16.9. The summed E-state index contributed by atoms with van der Waals surface area (Å²) in [5.74, 6) is -0.276. The Balaban J connectivity index is 1.89. The van der Waals surface area contributed by atoms with Crippen molar-refractivity contribution in [3.63, 3.8) is 0 Å². The van der Waals surface area contributed by atoms with Gasteiger partial charge >= 0.3 is 12.0 Å². The molecule has 120 valence electrons. The number of amides is 2. The third kappa shape index (κ3) is 4.38. The van der Waals surface area contributed by atoms with Gasteiger partial charge in [-0.05, 0) is 49.9 Å². The molecule has 1 atom stereocenters. The van der Waals surface area contributed by atoms with Gasteiger partial charge in [0.05, 0.1) is 0 Å². The van der Waals surface area contributed by atoms with Crippen molar-refractivity contribution in [2.24, 2.45) is 5.92 Å². The lowest BCUT2D eigenvalue weighted by Gasteiger charge is -2.32. The van der Waals surface area contributed by atoms with Crippen molar-refractivity contribution < 1.29 is 14.7 Å². The molecule has 3 N–H and O–H groups in total. The van der Waals surface area contributed by atoms with Crippen LogP contribution in [0, 0.1) is 5.92 Å². The molecule has 6 nitrogen and oxygen atoms in total. The molecule has 1 aliphatic rings. The number of carbonyl (C=O) groups is 2. The molecule has 0 radical (unpaired) electrons. The van der Waals surface area contributed by atoms with Crippen LogP contribution in [-0.4, -0.2) is 36.2 Å². The number of nitrogens with zero attached hydrogens (tertiary/aromatic N) is 1. The van der Waals surface area contributed by atoms with Crippen molar-refractivity contribution in [2.45, 2.75) is 32.7 Å². The Morgan fingerprint density at radius 1 is 1.23 bits per heavy atom. The molecule has 0 bridgehead atoms. The lowest BCUT2D eigenvalue weighted by Crippen LogP contribution is -2.40. The number of carboxylic acids is 1. The van der Waals surface area contributed by atoms with E-state index < -0.39 is 18.0 Å². The number of hydrogen-bond acceptors (Lipinski definition) is 3. The first-order valence-corrected chi connectivity index (χ1v) is 7.61. The number of urea groups is 1. The molecule has 1 saturated heterocycles. The fraction of sp³-hybridized carbons (Fsp3) is 0.500. The quantitative estimate of drug-likeness (QED) is 0.798. The summed E-state index contributed by atoms with van der Waals surface area (Å²) >= 11 is 0. The van der Waals surface area contributed by atoms with Crippen LogP contribution in [0.4, 0.5) is 16.2 Å². The van der Waals surface area contributed by atoms with E-state index in [0.717, 1.165) is 24.7 Å². The van der Waals surface area contributed by atoms with Crippen LogP contribution in [0.3, 0.4) is 0 Å². The highest BCUT2D eigenvalue weighted by Gasteiger charge is 2.16. The largest absolute Gasteiger partial charge is 0.480 e. The minimum absolute atomic E-state index is 0.519. The predicted molar refractivity (Wildman–Crippen MR) is 86.3 cm³/mol. The molecule has 1 fully saturated rings. The average molecular weight is 305 g/mol. The van der Waals surface area contributed by atoms with Gasteiger partial charge in [-0.3, -0.25) is 4.79 Å². The van der Waals surface area contributed by atoms with Gasteiger partial charge in [-0.15, -0.1) is 0 Å². The van der Waals surface area contributed by atoms with Crippen molar-refractivity contribution in [2.75, 3.05) is 23.3 Å². The second-order valence-corrected chi connectivity index (χ2v) is 5.87. The maximum Gasteiger partial charge on any atom is 0.325 e. The molecule has 0 aliphatic carbocycles. The first kappa shape index (κ1) is 16.1. The van der Waals surface area contributed by atoms with Crippen LogP contribution in [0.1, 0.15) is 26.7 Å². The zero-order valence-corrected chi connectivity index (χ0v) is 13.0. The first-order valence-electron chi connectivity index (χ1n) is 7.61. The summed E-state index contributed by atoms with van der Waals surface area (Å²) in [4.78, 5) is 24.7.